The summed E-state index contributed by atoms with van der Waals surface area (Å²) in [6, 6.07) is 5.30. The monoisotopic (exact) mass is 291 g/mol. The summed E-state index contributed by atoms with van der Waals surface area (Å²) in [7, 11) is 0. The van der Waals surface area contributed by atoms with Gasteiger partial charge < -0.3 is 5.32 Å². The first-order chi connectivity index (χ1) is 10.1. The van der Waals surface area contributed by atoms with Crippen LogP contribution < -0.4 is 5.32 Å². The fourth-order valence-corrected chi connectivity index (χ4v) is 3.61. The van der Waals surface area contributed by atoms with E-state index in [1.807, 2.05) is 6.07 Å². The number of nitrogens with one attached hydrogen (secondary N) is 1. The zero-order valence-corrected chi connectivity index (χ0v) is 13.8. The van der Waals surface area contributed by atoms with Gasteiger partial charge in [-0.05, 0) is 73.9 Å². The summed E-state index contributed by atoms with van der Waals surface area (Å²) in [6.07, 6.45) is 6.40. The molecule has 1 aromatic carbocycles. The van der Waals surface area contributed by atoms with Crippen LogP contribution in [0.25, 0.3) is 0 Å². The molecule has 0 saturated heterocycles. The molecule has 0 bridgehead atoms. The molecule has 1 aliphatic carbocycles. The highest BCUT2D eigenvalue weighted by Gasteiger charge is 2.26. The third-order valence-electron chi connectivity index (χ3n) is 4.76. The van der Waals surface area contributed by atoms with E-state index in [4.69, 9.17) is 0 Å². The van der Waals surface area contributed by atoms with Gasteiger partial charge in [-0.3, -0.25) is 0 Å². The van der Waals surface area contributed by atoms with Crippen molar-refractivity contribution in [3.8, 4) is 0 Å². The van der Waals surface area contributed by atoms with Crippen LogP contribution in [0.2, 0.25) is 0 Å². The van der Waals surface area contributed by atoms with E-state index in [1.165, 1.54) is 43.2 Å². The van der Waals surface area contributed by atoms with Crippen LogP contribution in [-0.4, -0.2) is 13.1 Å². The molecule has 118 valence electrons. The van der Waals surface area contributed by atoms with Gasteiger partial charge in [0.05, 0.1) is 0 Å². The maximum atomic E-state index is 13.7. The molecule has 1 saturated carbocycles. The van der Waals surface area contributed by atoms with Crippen LogP contribution >= 0.6 is 0 Å². The first-order valence-corrected chi connectivity index (χ1v) is 8.54. The lowest BCUT2D eigenvalue weighted by molar-refractivity contribution is 0.364. The van der Waals surface area contributed by atoms with Crippen molar-refractivity contribution in [2.24, 2.45) is 11.8 Å². The van der Waals surface area contributed by atoms with E-state index in [0.717, 1.165) is 13.1 Å². The lowest BCUT2D eigenvalue weighted by Crippen LogP contribution is -2.29. The standard InChI is InChI=1S/C19H30FN/c1-14(2)12-21-13-16-7-5-4-6-8-18(16)19-11-17(20)10-9-15(19)3/h9-11,14,16,18,21H,4-8,12-13H2,1-3H3. The molecule has 1 aromatic rings. The minimum atomic E-state index is -0.0891. The fourth-order valence-electron chi connectivity index (χ4n) is 3.61. The minimum absolute atomic E-state index is 0.0891. The van der Waals surface area contributed by atoms with Gasteiger partial charge >= 0.3 is 0 Å². The molecular weight excluding hydrogens is 261 g/mol. The Kier molecular flexibility index (Phi) is 6.22. The van der Waals surface area contributed by atoms with Gasteiger partial charge in [-0.25, -0.2) is 4.39 Å². The van der Waals surface area contributed by atoms with Crippen molar-refractivity contribution in [1.82, 2.24) is 5.32 Å². The van der Waals surface area contributed by atoms with E-state index >= 15 is 0 Å². The van der Waals surface area contributed by atoms with Crippen LogP contribution in [0.4, 0.5) is 4.39 Å². The Morgan fingerprint density at radius 3 is 2.71 bits per heavy atom. The summed E-state index contributed by atoms with van der Waals surface area (Å²) >= 11 is 0. The van der Waals surface area contributed by atoms with Crippen LogP contribution in [0.15, 0.2) is 18.2 Å². The molecule has 0 amide bonds. The van der Waals surface area contributed by atoms with E-state index in [1.54, 1.807) is 12.1 Å². The Hall–Kier alpha value is -0.890. The Labute approximate surface area is 129 Å². The summed E-state index contributed by atoms with van der Waals surface area (Å²) < 4.78 is 13.7. The number of aryl methyl sites for hydroxylation is 1. The highest BCUT2D eigenvalue weighted by Crippen LogP contribution is 2.37. The summed E-state index contributed by atoms with van der Waals surface area (Å²) in [5, 5.41) is 3.62. The number of hydrogen-bond acceptors (Lipinski definition) is 1. The normalized spacial score (nSPS) is 23.3. The summed E-state index contributed by atoms with van der Waals surface area (Å²) in [6.45, 7) is 8.75. The second kappa shape index (κ2) is 7.93. The zero-order chi connectivity index (χ0) is 15.2. The number of rotatable bonds is 5. The van der Waals surface area contributed by atoms with Crippen LogP contribution in [0.1, 0.15) is 63.0 Å². The maximum absolute atomic E-state index is 13.7. The van der Waals surface area contributed by atoms with Crippen molar-refractivity contribution in [2.75, 3.05) is 13.1 Å². The van der Waals surface area contributed by atoms with Crippen molar-refractivity contribution in [3.63, 3.8) is 0 Å². The Balaban J connectivity index is 2.13. The fraction of sp³-hybridized carbons (Fsp3) is 0.684. The first-order valence-electron chi connectivity index (χ1n) is 8.54. The van der Waals surface area contributed by atoms with Crippen LogP contribution in [-0.2, 0) is 0 Å². The molecule has 1 N–H and O–H groups in total. The molecular formula is C19H30FN. The quantitative estimate of drug-likeness (QED) is 0.749. The molecule has 0 aromatic heterocycles. The van der Waals surface area contributed by atoms with E-state index in [0.29, 0.717) is 17.8 Å². The van der Waals surface area contributed by atoms with Crippen molar-refractivity contribution in [3.05, 3.63) is 35.1 Å². The lowest BCUT2D eigenvalue weighted by atomic mass is 9.80. The summed E-state index contributed by atoms with van der Waals surface area (Å²) in [5.74, 6) is 1.76. The van der Waals surface area contributed by atoms with E-state index < -0.39 is 0 Å². The third-order valence-corrected chi connectivity index (χ3v) is 4.76. The van der Waals surface area contributed by atoms with E-state index in [-0.39, 0.29) is 5.82 Å². The lowest BCUT2D eigenvalue weighted by Gasteiger charge is -2.27. The number of halogens is 1. The molecule has 0 aliphatic heterocycles. The molecule has 0 heterocycles. The Morgan fingerprint density at radius 1 is 1.19 bits per heavy atom. The topological polar surface area (TPSA) is 12.0 Å². The predicted molar refractivity (Wildman–Crippen MR) is 88.2 cm³/mol. The van der Waals surface area contributed by atoms with Crippen LogP contribution in [0.5, 0.6) is 0 Å². The Morgan fingerprint density at radius 2 is 1.95 bits per heavy atom. The smallest absolute Gasteiger partial charge is 0.123 e. The van der Waals surface area contributed by atoms with Crippen molar-refractivity contribution >= 4 is 0 Å². The molecule has 1 fully saturated rings. The van der Waals surface area contributed by atoms with Gasteiger partial charge in [-0.15, -0.1) is 0 Å². The Bertz CT molecular complexity index is 441. The van der Waals surface area contributed by atoms with Gasteiger partial charge in [-0.1, -0.05) is 39.2 Å². The SMILES string of the molecule is Cc1ccc(F)cc1C1CCCCCC1CNCC(C)C. The highest BCUT2D eigenvalue weighted by atomic mass is 19.1. The van der Waals surface area contributed by atoms with Crippen molar-refractivity contribution in [2.45, 2.75) is 58.8 Å². The molecule has 2 heteroatoms. The van der Waals surface area contributed by atoms with Crippen molar-refractivity contribution < 1.29 is 4.39 Å². The maximum Gasteiger partial charge on any atom is 0.123 e. The van der Waals surface area contributed by atoms with E-state index in [2.05, 4.69) is 26.1 Å². The third kappa shape index (κ3) is 4.81. The van der Waals surface area contributed by atoms with Gasteiger partial charge in [0.15, 0.2) is 0 Å². The van der Waals surface area contributed by atoms with E-state index in [9.17, 15) is 4.39 Å². The van der Waals surface area contributed by atoms with Gasteiger partial charge in [-0.2, -0.15) is 0 Å². The van der Waals surface area contributed by atoms with Crippen molar-refractivity contribution in [1.29, 1.82) is 0 Å². The average molecular weight is 291 g/mol. The average Bonchev–Trinajstić information content (AvgIpc) is 2.67. The number of hydrogen-bond donors (Lipinski definition) is 1. The molecule has 0 radical (unpaired) electrons. The van der Waals surface area contributed by atoms with Gasteiger partial charge in [0.25, 0.3) is 0 Å². The first kappa shape index (κ1) is 16.5. The molecule has 1 nitrogen and oxygen atoms in total. The van der Waals surface area contributed by atoms with Gasteiger partial charge in [0, 0.05) is 0 Å². The largest absolute Gasteiger partial charge is 0.316 e. The zero-order valence-electron chi connectivity index (χ0n) is 13.8. The second-order valence-electron chi connectivity index (χ2n) is 7.06. The summed E-state index contributed by atoms with van der Waals surface area (Å²) in [4.78, 5) is 0. The summed E-state index contributed by atoms with van der Waals surface area (Å²) in [5.41, 5.74) is 2.49. The van der Waals surface area contributed by atoms with Crippen LogP contribution in [0, 0.1) is 24.6 Å². The predicted octanol–water partition coefficient (Wildman–Crippen LogP) is 5.04. The molecule has 2 atom stereocenters. The number of benzene rings is 1. The molecule has 2 rings (SSSR count). The molecule has 0 spiro atoms. The van der Waals surface area contributed by atoms with Gasteiger partial charge in [0.2, 0.25) is 0 Å². The highest BCUT2D eigenvalue weighted by molar-refractivity contribution is 5.30. The molecule has 1 aliphatic rings. The minimum Gasteiger partial charge on any atom is -0.316 e. The molecule has 2 unspecified atom stereocenters. The second-order valence-corrected chi connectivity index (χ2v) is 7.06. The van der Waals surface area contributed by atoms with Crippen LogP contribution in [0.3, 0.4) is 0 Å². The van der Waals surface area contributed by atoms with Gasteiger partial charge in [0.1, 0.15) is 5.82 Å². The molecule has 21 heavy (non-hydrogen) atoms.